The van der Waals surface area contributed by atoms with Gasteiger partial charge in [0.05, 0.1) is 17.1 Å². The fourth-order valence-corrected chi connectivity index (χ4v) is 1.13. The Morgan fingerprint density at radius 3 is 2.60 bits per heavy atom. The van der Waals surface area contributed by atoms with E-state index in [1.807, 2.05) is 0 Å². The summed E-state index contributed by atoms with van der Waals surface area (Å²) < 4.78 is 13.3. The zero-order valence-corrected chi connectivity index (χ0v) is 9.73. The Hall–Kier alpha value is -0.960. The highest BCUT2D eigenvalue weighted by molar-refractivity contribution is 6.30. The molecule has 0 aliphatic rings. The predicted molar refractivity (Wildman–Crippen MR) is 57.4 cm³/mol. The second-order valence-corrected chi connectivity index (χ2v) is 4.87. The lowest BCUT2D eigenvalue weighted by Crippen LogP contribution is -2.23. The van der Waals surface area contributed by atoms with Gasteiger partial charge in [-0.25, -0.2) is 4.39 Å². The van der Waals surface area contributed by atoms with E-state index in [-0.39, 0.29) is 22.9 Å². The molecule has 0 amide bonds. The van der Waals surface area contributed by atoms with Crippen molar-refractivity contribution >= 4 is 17.4 Å². The van der Waals surface area contributed by atoms with E-state index in [1.54, 1.807) is 20.8 Å². The van der Waals surface area contributed by atoms with Gasteiger partial charge in [0.15, 0.2) is 0 Å². The van der Waals surface area contributed by atoms with Crippen LogP contribution in [0.15, 0.2) is 12.3 Å². The summed E-state index contributed by atoms with van der Waals surface area (Å²) in [7, 11) is 0. The molecule has 0 aliphatic heterocycles. The Labute approximate surface area is 93.5 Å². The van der Waals surface area contributed by atoms with Crippen molar-refractivity contribution in [3.05, 3.63) is 28.8 Å². The van der Waals surface area contributed by atoms with Gasteiger partial charge >= 0.3 is 0 Å². The maximum absolute atomic E-state index is 13.3. The van der Waals surface area contributed by atoms with Crippen LogP contribution in [0.3, 0.4) is 0 Å². The standard InChI is InChI=1S/C11H13ClFNO/c1-11(2,3)10(15)5-9-8(13)4-7(12)6-14-9/h4,6H,5H2,1-3H3. The van der Waals surface area contributed by atoms with Crippen LogP contribution in [0.25, 0.3) is 0 Å². The quantitative estimate of drug-likeness (QED) is 0.780. The van der Waals surface area contributed by atoms with Crippen molar-refractivity contribution in [2.24, 2.45) is 5.41 Å². The third-order valence-corrected chi connectivity index (χ3v) is 2.26. The molecule has 4 heteroatoms. The summed E-state index contributed by atoms with van der Waals surface area (Å²) in [5, 5.41) is 0.236. The van der Waals surface area contributed by atoms with Gasteiger partial charge in [-0.3, -0.25) is 9.78 Å². The SMILES string of the molecule is CC(C)(C)C(=O)Cc1ncc(Cl)cc1F. The summed E-state index contributed by atoms with van der Waals surface area (Å²) in [6.07, 6.45) is 1.35. The highest BCUT2D eigenvalue weighted by Crippen LogP contribution is 2.19. The van der Waals surface area contributed by atoms with Crippen LogP contribution in [-0.4, -0.2) is 10.8 Å². The second kappa shape index (κ2) is 4.27. The van der Waals surface area contributed by atoms with Gasteiger partial charge in [0.2, 0.25) is 0 Å². The minimum absolute atomic E-state index is 0.00645. The summed E-state index contributed by atoms with van der Waals surface area (Å²) in [6, 6.07) is 1.17. The molecule has 15 heavy (non-hydrogen) atoms. The van der Waals surface area contributed by atoms with Crippen LogP contribution < -0.4 is 0 Å². The number of ketones is 1. The van der Waals surface area contributed by atoms with Gasteiger partial charge < -0.3 is 0 Å². The fraction of sp³-hybridized carbons (Fsp3) is 0.455. The van der Waals surface area contributed by atoms with Crippen LogP contribution in [0.2, 0.25) is 5.02 Å². The molecule has 0 saturated carbocycles. The Bertz CT molecular complexity index is 385. The summed E-state index contributed by atoms with van der Waals surface area (Å²) in [5.74, 6) is -0.573. The molecule has 1 aromatic rings. The average molecular weight is 230 g/mol. The minimum atomic E-state index is -0.528. The van der Waals surface area contributed by atoms with Crippen molar-refractivity contribution in [3.63, 3.8) is 0 Å². The van der Waals surface area contributed by atoms with Crippen molar-refractivity contribution in [3.8, 4) is 0 Å². The summed E-state index contributed by atoms with van der Waals surface area (Å²) in [4.78, 5) is 15.4. The maximum Gasteiger partial charge on any atom is 0.146 e. The average Bonchev–Trinajstić information content (AvgIpc) is 2.08. The van der Waals surface area contributed by atoms with E-state index in [1.165, 1.54) is 12.3 Å². The molecule has 0 saturated heterocycles. The summed E-state index contributed by atoms with van der Waals surface area (Å²) >= 11 is 5.56. The van der Waals surface area contributed by atoms with Gasteiger partial charge in [-0.1, -0.05) is 32.4 Å². The van der Waals surface area contributed by atoms with Crippen LogP contribution in [-0.2, 0) is 11.2 Å². The molecule has 1 heterocycles. The molecular formula is C11H13ClFNO. The lowest BCUT2D eigenvalue weighted by atomic mass is 9.88. The number of carbonyl (C=O) groups is 1. The monoisotopic (exact) mass is 229 g/mol. The first-order valence-electron chi connectivity index (χ1n) is 4.64. The van der Waals surface area contributed by atoms with Crippen LogP contribution in [0, 0.1) is 11.2 Å². The molecule has 0 atom stereocenters. The molecule has 0 aliphatic carbocycles. The molecule has 0 spiro atoms. The Morgan fingerprint density at radius 1 is 1.53 bits per heavy atom. The molecular weight excluding hydrogens is 217 g/mol. The molecule has 0 radical (unpaired) electrons. The lowest BCUT2D eigenvalue weighted by molar-refractivity contribution is -0.125. The highest BCUT2D eigenvalue weighted by Gasteiger charge is 2.22. The number of hydrogen-bond donors (Lipinski definition) is 0. The minimum Gasteiger partial charge on any atom is -0.299 e. The Balaban J connectivity index is 2.87. The van der Waals surface area contributed by atoms with E-state index in [0.29, 0.717) is 0 Å². The van der Waals surface area contributed by atoms with Crippen molar-refractivity contribution in [2.45, 2.75) is 27.2 Å². The van der Waals surface area contributed by atoms with E-state index in [4.69, 9.17) is 11.6 Å². The summed E-state index contributed by atoms with van der Waals surface area (Å²) in [6.45, 7) is 5.38. The largest absolute Gasteiger partial charge is 0.299 e. The smallest absolute Gasteiger partial charge is 0.146 e. The number of nitrogens with zero attached hydrogens (tertiary/aromatic N) is 1. The molecule has 0 unspecified atom stereocenters. The first-order valence-corrected chi connectivity index (χ1v) is 5.01. The van der Waals surface area contributed by atoms with E-state index in [2.05, 4.69) is 4.98 Å². The molecule has 0 N–H and O–H groups in total. The Morgan fingerprint density at radius 2 is 2.13 bits per heavy atom. The van der Waals surface area contributed by atoms with E-state index >= 15 is 0 Å². The van der Waals surface area contributed by atoms with Crippen molar-refractivity contribution in [1.29, 1.82) is 0 Å². The third-order valence-electron chi connectivity index (χ3n) is 2.05. The Kier molecular flexibility index (Phi) is 3.45. The van der Waals surface area contributed by atoms with Crippen LogP contribution in [0.5, 0.6) is 0 Å². The van der Waals surface area contributed by atoms with Crippen molar-refractivity contribution in [2.75, 3.05) is 0 Å². The lowest BCUT2D eigenvalue weighted by Gasteiger charge is -2.16. The van der Waals surface area contributed by atoms with E-state index < -0.39 is 11.2 Å². The molecule has 0 bridgehead atoms. The van der Waals surface area contributed by atoms with Crippen LogP contribution >= 0.6 is 11.6 Å². The predicted octanol–water partition coefficient (Wildman–Crippen LogP) is 3.03. The molecule has 2 nitrogen and oxygen atoms in total. The normalized spacial score (nSPS) is 11.5. The van der Waals surface area contributed by atoms with Gasteiger partial charge in [0.1, 0.15) is 11.6 Å². The molecule has 1 aromatic heterocycles. The number of Topliss-reactive ketones (excluding diaryl/α,β-unsaturated/α-hetero) is 1. The second-order valence-electron chi connectivity index (χ2n) is 4.43. The molecule has 0 aromatic carbocycles. The third kappa shape index (κ3) is 3.27. The maximum atomic E-state index is 13.3. The summed E-state index contributed by atoms with van der Waals surface area (Å²) in [5.41, 5.74) is -0.326. The molecule has 82 valence electrons. The van der Waals surface area contributed by atoms with Crippen molar-refractivity contribution in [1.82, 2.24) is 4.98 Å². The van der Waals surface area contributed by atoms with Crippen molar-refractivity contribution < 1.29 is 9.18 Å². The first kappa shape index (κ1) is 12.1. The van der Waals surface area contributed by atoms with E-state index in [9.17, 15) is 9.18 Å². The zero-order valence-electron chi connectivity index (χ0n) is 8.97. The number of carbonyl (C=O) groups excluding carboxylic acids is 1. The highest BCUT2D eigenvalue weighted by atomic mass is 35.5. The zero-order chi connectivity index (χ0) is 11.6. The van der Waals surface area contributed by atoms with Gasteiger partial charge in [-0.05, 0) is 6.07 Å². The van der Waals surface area contributed by atoms with Crippen LogP contribution in [0.4, 0.5) is 4.39 Å². The number of rotatable bonds is 2. The van der Waals surface area contributed by atoms with Gasteiger partial charge in [0.25, 0.3) is 0 Å². The first-order chi connectivity index (χ1) is 6.80. The van der Waals surface area contributed by atoms with Gasteiger partial charge in [-0.15, -0.1) is 0 Å². The van der Waals surface area contributed by atoms with Crippen LogP contribution in [0.1, 0.15) is 26.5 Å². The van der Waals surface area contributed by atoms with Gasteiger partial charge in [-0.2, -0.15) is 0 Å². The number of pyridine rings is 1. The van der Waals surface area contributed by atoms with E-state index in [0.717, 1.165) is 0 Å². The number of halogens is 2. The topological polar surface area (TPSA) is 30.0 Å². The number of aromatic nitrogens is 1. The fourth-order valence-electron chi connectivity index (χ4n) is 0.990. The van der Waals surface area contributed by atoms with Gasteiger partial charge in [0, 0.05) is 11.6 Å². The molecule has 1 rings (SSSR count). The molecule has 0 fully saturated rings. The number of hydrogen-bond acceptors (Lipinski definition) is 2.